The van der Waals surface area contributed by atoms with Crippen LogP contribution in [0.4, 0.5) is 0 Å². The highest BCUT2D eigenvalue weighted by molar-refractivity contribution is 8.14. The molecule has 2 rings (SSSR count). The van der Waals surface area contributed by atoms with E-state index in [1.807, 2.05) is 24.3 Å². The van der Waals surface area contributed by atoms with E-state index < -0.39 is 5.66 Å². The molecule has 0 saturated carbocycles. The molecule has 0 spiro atoms. The minimum atomic E-state index is -0.709. The van der Waals surface area contributed by atoms with Gasteiger partial charge in [-0.25, -0.2) is 4.99 Å². The third-order valence-corrected chi connectivity index (χ3v) is 3.28. The highest BCUT2D eigenvalue weighted by Crippen LogP contribution is 2.31. The first-order valence-electron chi connectivity index (χ1n) is 4.13. The molecule has 0 amide bonds. The van der Waals surface area contributed by atoms with Gasteiger partial charge in [0.2, 0.25) is 0 Å². The van der Waals surface area contributed by atoms with Crippen molar-refractivity contribution in [2.45, 2.75) is 5.66 Å². The highest BCUT2D eigenvalue weighted by atomic mass is 35.5. The van der Waals surface area contributed by atoms with E-state index in [2.05, 4.69) is 4.99 Å². The maximum atomic E-state index is 6.09. The zero-order valence-electron chi connectivity index (χ0n) is 7.40. The van der Waals surface area contributed by atoms with Gasteiger partial charge in [0.1, 0.15) is 5.66 Å². The Morgan fingerprint density at radius 2 is 2.29 bits per heavy atom. The molecule has 0 aliphatic carbocycles. The molecule has 3 nitrogen and oxygen atoms in total. The summed E-state index contributed by atoms with van der Waals surface area (Å²) in [7, 11) is 0. The van der Waals surface area contributed by atoms with Gasteiger partial charge in [-0.2, -0.15) is 0 Å². The second-order valence-corrected chi connectivity index (χ2v) is 4.61. The molecule has 1 aliphatic rings. The third-order valence-electron chi connectivity index (χ3n) is 2.07. The van der Waals surface area contributed by atoms with E-state index in [4.69, 9.17) is 23.1 Å². The van der Waals surface area contributed by atoms with Crippen LogP contribution in [0.3, 0.4) is 0 Å². The summed E-state index contributed by atoms with van der Waals surface area (Å²) in [6.45, 7) is 0. The molecule has 0 radical (unpaired) electrons. The van der Waals surface area contributed by atoms with Gasteiger partial charge in [-0.1, -0.05) is 35.5 Å². The number of halogens is 1. The summed E-state index contributed by atoms with van der Waals surface area (Å²) in [6, 6.07) is 7.41. The van der Waals surface area contributed by atoms with Crippen LogP contribution in [0.2, 0.25) is 5.02 Å². The van der Waals surface area contributed by atoms with Gasteiger partial charge in [-0.3, -0.25) is 0 Å². The fourth-order valence-electron chi connectivity index (χ4n) is 1.35. The van der Waals surface area contributed by atoms with Gasteiger partial charge in [0, 0.05) is 10.8 Å². The quantitative estimate of drug-likeness (QED) is 0.765. The van der Waals surface area contributed by atoms with Crippen LogP contribution in [-0.2, 0) is 5.66 Å². The average Bonchev–Trinajstić information content (AvgIpc) is 2.48. The first-order chi connectivity index (χ1) is 6.60. The number of aliphatic imine (C=N–C) groups is 1. The van der Waals surface area contributed by atoms with Crippen molar-refractivity contribution in [1.29, 1.82) is 0 Å². The number of thioether (sulfide) groups is 1. The van der Waals surface area contributed by atoms with Gasteiger partial charge in [0.05, 0.1) is 0 Å². The Balaban J connectivity index is 2.40. The van der Waals surface area contributed by atoms with E-state index >= 15 is 0 Å². The van der Waals surface area contributed by atoms with Crippen LogP contribution in [0.5, 0.6) is 0 Å². The Morgan fingerprint density at radius 1 is 1.50 bits per heavy atom. The van der Waals surface area contributed by atoms with Crippen LogP contribution in [0.25, 0.3) is 0 Å². The lowest BCUT2D eigenvalue weighted by molar-refractivity contribution is 0.544. The molecule has 5 heteroatoms. The molecule has 1 aromatic carbocycles. The van der Waals surface area contributed by atoms with E-state index in [9.17, 15) is 0 Å². The molecular formula is C9H10ClN3S. The minimum Gasteiger partial charge on any atom is -0.378 e. The molecule has 4 N–H and O–H groups in total. The largest absolute Gasteiger partial charge is 0.378 e. The number of nitrogens with two attached hydrogens (primary N) is 2. The summed E-state index contributed by atoms with van der Waals surface area (Å²) in [5.74, 6) is 0.666. The molecule has 1 unspecified atom stereocenters. The first-order valence-corrected chi connectivity index (χ1v) is 5.49. The number of nitrogens with zero attached hydrogens (tertiary/aromatic N) is 1. The molecule has 74 valence electrons. The molecule has 1 aliphatic heterocycles. The molecule has 1 heterocycles. The Bertz CT molecular complexity index is 393. The van der Waals surface area contributed by atoms with Crippen molar-refractivity contribution >= 4 is 28.5 Å². The first kappa shape index (κ1) is 9.83. The summed E-state index contributed by atoms with van der Waals surface area (Å²) >= 11 is 7.34. The van der Waals surface area contributed by atoms with Crippen molar-refractivity contribution in [2.24, 2.45) is 16.5 Å². The highest BCUT2D eigenvalue weighted by Gasteiger charge is 2.32. The van der Waals surface area contributed by atoms with Gasteiger partial charge >= 0.3 is 0 Å². The predicted molar refractivity (Wildman–Crippen MR) is 61.4 cm³/mol. The molecule has 1 atom stereocenters. The summed E-state index contributed by atoms with van der Waals surface area (Å²) < 4.78 is 0. The third kappa shape index (κ3) is 1.73. The number of hydrogen-bond acceptors (Lipinski definition) is 4. The van der Waals surface area contributed by atoms with Crippen LogP contribution in [-0.4, -0.2) is 10.9 Å². The van der Waals surface area contributed by atoms with E-state index in [1.54, 1.807) is 0 Å². The van der Waals surface area contributed by atoms with Crippen LogP contribution < -0.4 is 11.5 Å². The fourth-order valence-corrected chi connectivity index (χ4v) is 2.37. The summed E-state index contributed by atoms with van der Waals surface area (Å²) in [4.78, 5) is 4.21. The molecule has 0 bridgehead atoms. The van der Waals surface area contributed by atoms with Crippen LogP contribution >= 0.6 is 23.4 Å². The van der Waals surface area contributed by atoms with Gasteiger partial charge in [0.15, 0.2) is 5.17 Å². The lowest BCUT2D eigenvalue weighted by Crippen LogP contribution is -2.35. The van der Waals surface area contributed by atoms with Crippen molar-refractivity contribution in [3.05, 3.63) is 34.9 Å². The number of rotatable bonds is 1. The normalized spacial score (nSPS) is 26.3. The Labute approximate surface area is 91.5 Å². The summed E-state index contributed by atoms with van der Waals surface area (Å²) in [5, 5.41) is 1.20. The van der Waals surface area contributed by atoms with Gasteiger partial charge in [-0.05, 0) is 17.7 Å². The molecule has 14 heavy (non-hydrogen) atoms. The summed E-state index contributed by atoms with van der Waals surface area (Å²) in [6.07, 6.45) is 0. The Kier molecular flexibility index (Phi) is 2.43. The van der Waals surface area contributed by atoms with E-state index in [-0.39, 0.29) is 0 Å². The van der Waals surface area contributed by atoms with Gasteiger partial charge in [-0.15, -0.1) is 0 Å². The van der Waals surface area contributed by atoms with Crippen LogP contribution in [0, 0.1) is 0 Å². The van der Waals surface area contributed by atoms with Crippen LogP contribution in [0.15, 0.2) is 29.3 Å². The zero-order chi connectivity index (χ0) is 10.2. The lowest BCUT2D eigenvalue weighted by Gasteiger charge is -2.19. The molecule has 0 saturated heterocycles. The smallest absolute Gasteiger partial charge is 0.156 e. The Hall–Kier alpha value is -0.710. The minimum absolute atomic E-state index is 0.535. The van der Waals surface area contributed by atoms with Crippen LogP contribution in [0.1, 0.15) is 5.56 Å². The van der Waals surface area contributed by atoms with Gasteiger partial charge in [0.25, 0.3) is 0 Å². The molecule has 1 aromatic rings. The summed E-state index contributed by atoms with van der Waals surface area (Å²) in [5.41, 5.74) is 11.9. The topological polar surface area (TPSA) is 64.4 Å². The fraction of sp³-hybridized carbons (Fsp3) is 0.222. The van der Waals surface area contributed by atoms with Crippen molar-refractivity contribution in [1.82, 2.24) is 0 Å². The number of amidine groups is 1. The maximum Gasteiger partial charge on any atom is 0.156 e. The molecule has 0 aromatic heterocycles. The maximum absolute atomic E-state index is 6.09. The van der Waals surface area contributed by atoms with Crippen molar-refractivity contribution in [3.63, 3.8) is 0 Å². The molecule has 0 fully saturated rings. The van der Waals surface area contributed by atoms with Gasteiger partial charge < -0.3 is 11.5 Å². The van der Waals surface area contributed by atoms with E-state index in [0.29, 0.717) is 15.9 Å². The van der Waals surface area contributed by atoms with Crippen molar-refractivity contribution < 1.29 is 0 Å². The Morgan fingerprint density at radius 3 is 2.86 bits per heavy atom. The lowest BCUT2D eigenvalue weighted by atomic mass is 10.0. The SMILES string of the molecule is NC1=NC(N)(c2cccc(Cl)c2)CS1. The van der Waals surface area contributed by atoms with E-state index in [1.165, 1.54) is 11.8 Å². The standard InChI is InChI=1S/C9H10ClN3S/c10-7-3-1-2-6(4-7)9(12)5-14-8(11)13-9/h1-4H,5,12H2,(H2,11,13). The van der Waals surface area contributed by atoms with Crippen molar-refractivity contribution in [3.8, 4) is 0 Å². The second-order valence-electron chi connectivity index (χ2n) is 3.17. The van der Waals surface area contributed by atoms with Crippen molar-refractivity contribution in [2.75, 3.05) is 5.75 Å². The second kappa shape index (κ2) is 3.46. The molecular weight excluding hydrogens is 218 g/mol. The monoisotopic (exact) mass is 227 g/mol. The zero-order valence-corrected chi connectivity index (χ0v) is 8.98. The number of hydrogen-bond donors (Lipinski definition) is 2. The average molecular weight is 228 g/mol. The predicted octanol–water partition coefficient (Wildman–Crippen LogP) is 1.51. The van der Waals surface area contributed by atoms with E-state index in [0.717, 1.165) is 5.56 Å². The number of benzene rings is 1.